The summed E-state index contributed by atoms with van der Waals surface area (Å²) >= 11 is 0. The molecule has 0 aliphatic rings. The molecule has 0 saturated heterocycles. The molecular formula is C17H25N3O. The lowest BCUT2D eigenvalue weighted by atomic mass is 10.2. The quantitative estimate of drug-likeness (QED) is 0.683. The second kappa shape index (κ2) is 9.19. The molecule has 0 radical (unpaired) electrons. The van der Waals surface area contributed by atoms with Gasteiger partial charge in [0.2, 0.25) is 0 Å². The first-order chi connectivity index (χ1) is 10.3. The van der Waals surface area contributed by atoms with E-state index in [9.17, 15) is 0 Å². The minimum atomic E-state index is 0.791. The van der Waals surface area contributed by atoms with E-state index in [-0.39, 0.29) is 0 Å². The predicted octanol–water partition coefficient (Wildman–Crippen LogP) is 3.03. The molecule has 2 rings (SSSR count). The van der Waals surface area contributed by atoms with Crippen molar-refractivity contribution in [3.63, 3.8) is 0 Å². The second-order valence-corrected chi connectivity index (χ2v) is 5.27. The summed E-state index contributed by atoms with van der Waals surface area (Å²) in [5.41, 5.74) is 1.27. The van der Waals surface area contributed by atoms with Gasteiger partial charge in [0.15, 0.2) is 0 Å². The molecule has 0 aliphatic carbocycles. The van der Waals surface area contributed by atoms with Gasteiger partial charge < -0.3 is 14.6 Å². The van der Waals surface area contributed by atoms with Crippen LogP contribution in [0.1, 0.15) is 24.8 Å². The van der Waals surface area contributed by atoms with E-state index < -0.39 is 0 Å². The predicted molar refractivity (Wildman–Crippen MR) is 85.6 cm³/mol. The molecule has 0 amide bonds. The molecule has 0 unspecified atom stereocenters. The van der Waals surface area contributed by atoms with E-state index in [1.54, 1.807) is 0 Å². The average Bonchev–Trinajstić information content (AvgIpc) is 3.01. The topological polar surface area (TPSA) is 39.1 Å². The van der Waals surface area contributed by atoms with Crippen LogP contribution in [0.3, 0.4) is 0 Å². The normalized spacial score (nSPS) is 10.7. The molecule has 0 saturated carbocycles. The number of hydrogen-bond acceptors (Lipinski definition) is 3. The van der Waals surface area contributed by atoms with Gasteiger partial charge in [0.25, 0.3) is 0 Å². The lowest BCUT2D eigenvalue weighted by molar-refractivity contribution is 0.305. The van der Waals surface area contributed by atoms with Crippen molar-refractivity contribution in [3.05, 3.63) is 48.5 Å². The van der Waals surface area contributed by atoms with Gasteiger partial charge in [-0.2, -0.15) is 0 Å². The number of nitrogens with one attached hydrogen (secondary N) is 1. The monoisotopic (exact) mass is 287 g/mol. The van der Waals surface area contributed by atoms with E-state index in [2.05, 4.69) is 33.9 Å². The highest BCUT2D eigenvalue weighted by Gasteiger charge is 1.94. The first kappa shape index (κ1) is 15.6. The largest absolute Gasteiger partial charge is 0.494 e. The molecule has 0 fully saturated rings. The fourth-order valence-corrected chi connectivity index (χ4v) is 2.11. The Labute approximate surface area is 127 Å². The number of rotatable bonds is 10. The highest BCUT2D eigenvalue weighted by Crippen LogP contribution is 2.11. The standard InChI is InChI=1S/C17H25N3O/c1-16-5-7-17(8-6-16)21-14-3-2-9-18-10-4-12-20-13-11-19-15-20/h5-8,11,13,15,18H,2-4,9-10,12,14H2,1H3. The Morgan fingerprint density at radius 1 is 1.10 bits per heavy atom. The zero-order chi connectivity index (χ0) is 14.8. The summed E-state index contributed by atoms with van der Waals surface area (Å²) in [7, 11) is 0. The smallest absolute Gasteiger partial charge is 0.119 e. The number of unbranched alkanes of at least 4 members (excludes halogenated alkanes) is 1. The Kier molecular flexibility index (Phi) is 6.81. The highest BCUT2D eigenvalue weighted by atomic mass is 16.5. The van der Waals surface area contributed by atoms with E-state index >= 15 is 0 Å². The molecule has 1 heterocycles. The van der Waals surface area contributed by atoms with Crippen LogP contribution in [0.15, 0.2) is 43.0 Å². The van der Waals surface area contributed by atoms with Crippen molar-refractivity contribution in [2.24, 2.45) is 0 Å². The maximum atomic E-state index is 5.70. The summed E-state index contributed by atoms with van der Waals surface area (Å²) < 4.78 is 7.81. The minimum absolute atomic E-state index is 0.791. The van der Waals surface area contributed by atoms with Gasteiger partial charge in [0, 0.05) is 18.9 Å². The number of aromatic nitrogens is 2. The van der Waals surface area contributed by atoms with Crippen molar-refractivity contribution in [2.45, 2.75) is 32.7 Å². The third-order valence-electron chi connectivity index (χ3n) is 3.37. The van der Waals surface area contributed by atoms with Crippen LogP contribution in [0.2, 0.25) is 0 Å². The second-order valence-electron chi connectivity index (χ2n) is 5.27. The average molecular weight is 287 g/mol. The SMILES string of the molecule is Cc1ccc(OCCCCNCCCn2ccnc2)cc1. The van der Waals surface area contributed by atoms with Crippen LogP contribution in [0, 0.1) is 6.92 Å². The van der Waals surface area contributed by atoms with Gasteiger partial charge in [-0.3, -0.25) is 0 Å². The van der Waals surface area contributed by atoms with Gasteiger partial charge >= 0.3 is 0 Å². The lowest BCUT2D eigenvalue weighted by Crippen LogP contribution is -2.18. The summed E-state index contributed by atoms with van der Waals surface area (Å²) in [6.45, 7) is 6.02. The van der Waals surface area contributed by atoms with Crippen LogP contribution in [0.4, 0.5) is 0 Å². The van der Waals surface area contributed by atoms with E-state index in [1.165, 1.54) is 5.56 Å². The van der Waals surface area contributed by atoms with E-state index in [0.717, 1.165) is 51.3 Å². The van der Waals surface area contributed by atoms with Crippen LogP contribution in [-0.2, 0) is 6.54 Å². The summed E-state index contributed by atoms with van der Waals surface area (Å²) in [6.07, 6.45) is 9.06. The molecule has 0 bridgehead atoms. The van der Waals surface area contributed by atoms with E-state index in [0.29, 0.717) is 0 Å². The van der Waals surface area contributed by atoms with Crippen molar-refractivity contribution in [3.8, 4) is 5.75 Å². The molecule has 0 aliphatic heterocycles. The van der Waals surface area contributed by atoms with E-state index in [1.807, 2.05) is 30.9 Å². The van der Waals surface area contributed by atoms with Crippen LogP contribution < -0.4 is 10.1 Å². The Bertz CT molecular complexity index is 479. The number of benzene rings is 1. The number of aryl methyl sites for hydroxylation is 2. The van der Waals surface area contributed by atoms with Crippen LogP contribution >= 0.6 is 0 Å². The van der Waals surface area contributed by atoms with Crippen LogP contribution in [-0.4, -0.2) is 29.2 Å². The Morgan fingerprint density at radius 3 is 2.67 bits per heavy atom. The molecule has 0 spiro atoms. The fourth-order valence-electron chi connectivity index (χ4n) is 2.11. The number of imidazole rings is 1. The molecule has 4 heteroatoms. The van der Waals surface area contributed by atoms with Crippen LogP contribution in [0.25, 0.3) is 0 Å². The van der Waals surface area contributed by atoms with Crippen molar-refractivity contribution < 1.29 is 4.74 Å². The zero-order valence-corrected chi connectivity index (χ0v) is 12.8. The van der Waals surface area contributed by atoms with Crippen LogP contribution in [0.5, 0.6) is 5.75 Å². The molecular weight excluding hydrogens is 262 g/mol. The van der Waals surface area contributed by atoms with Crippen molar-refractivity contribution in [1.82, 2.24) is 14.9 Å². The van der Waals surface area contributed by atoms with Gasteiger partial charge in [-0.1, -0.05) is 17.7 Å². The maximum Gasteiger partial charge on any atom is 0.119 e. The van der Waals surface area contributed by atoms with Gasteiger partial charge in [-0.25, -0.2) is 4.98 Å². The first-order valence-electron chi connectivity index (χ1n) is 7.70. The number of ether oxygens (including phenoxy) is 1. The third kappa shape index (κ3) is 6.45. The van der Waals surface area contributed by atoms with Crippen molar-refractivity contribution in [1.29, 1.82) is 0 Å². The molecule has 2 aromatic rings. The Hall–Kier alpha value is -1.81. The summed E-state index contributed by atoms with van der Waals surface area (Å²) in [5.74, 6) is 0.967. The molecule has 4 nitrogen and oxygen atoms in total. The molecule has 1 aromatic heterocycles. The van der Waals surface area contributed by atoms with Gasteiger partial charge in [-0.15, -0.1) is 0 Å². The van der Waals surface area contributed by atoms with Crippen molar-refractivity contribution >= 4 is 0 Å². The van der Waals surface area contributed by atoms with Gasteiger partial charge in [0.05, 0.1) is 12.9 Å². The molecule has 1 N–H and O–H groups in total. The van der Waals surface area contributed by atoms with Gasteiger partial charge in [0.1, 0.15) is 5.75 Å². The summed E-state index contributed by atoms with van der Waals surface area (Å²) in [4.78, 5) is 4.03. The fraction of sp³-hybridized carbons (Fsp3) is 0.471. The number of hydrogen-bond donors (Lipinski definition) is 1. The minimum Gasteiger partial charge on any atom is -0.494 e. The third-order valence-corrected chi connectivity index (χ3v) is 3.37. The zero-order valence-electron chi connectivity index (χ0n) is 12.8. The maximum absolute atomic E-state index is 5.70. The Balaban J connectivity index is 1.41. The molecule has 21 heavy (non-hydrogen) atoms. The Morgan fingerprint density at radius 2 is 1.90 bits per heavy atom. The highest BCUT2D eigenvalue weighted by molar-refractivity contribution is 5.26. The molecule has 1 aromatic carbocycles. The van der Waals surface area contributed by atoms with Crippen molar-refractivity contribution in [2.75, 3.05) is 19.7 Å². The summed E-state index contributed by atoms with van der Waals surface area (Å²) in [5, 5.41) is 3.46. The molecule has 0 atom stereocenters. The summed E-state index contributed by atoms with van der Waals surface area (Å²) in [6, 6.07) is 8.22. The first-order valence-corrected chi connectivity index (χ1v) is 7.70. The van der Waals surface area contributed by atoms with E-state index in [4.69, 9.17) is 4.74 Å². The number of nitrogens with zero attached hydrogens (tertiary/aromatic N) is 2. The molecule has 114 valence electrons. The van der Waals surface area contributed by atoms with Gasteiger partial charge in [-0.05, 0) is 51.4 Å². The lowest BCUT2D eigenvalue weighted by Gasteiger charge is -2.07.